The van der Waals surface area contributed by atoms with Crippen molar-refractivity contribution in [3.63, 3.8) is 0 Å². The number of benzene rings is 2. The summed E-state index contributed by atoms with van der Waals surface area (Å²) in [6, 6.07) is 12.4. The van der Waals surface area contributed by atoms with Gasteiger partial charge < -0.3 is 11.1 Å². The molecule has 4 heteroatoms. The van der Waals surface area contributed by atoms with Gasteiger partial charge in [0.05, 0.1) is 0 Å². The van der Waals surface area contributed by atoms with Gasteiger partial charge in [-0.1, -0.05) is 36.4 Å². The van der Waals surface area contributed by atoms with Gasteiger partial charge in [-0.25, -0.2) is 0 Å². The Bertz CT molecular complexity index is 602. The van der Waals surface area contributed by atoms with Gasteiger partial charge in [0.15, 0.2) is 0 Å². The average molecular weight is 242 g/mol. The summed E-state index contributed by atoms with van der Waals surface area (Å²) in [6.45, 7) is 1.56. The summed E-state index contributed by atoms with van der Waals surface area (Å²) >= 11 is 0. The second-order valence-corrected chi connectivity index (χ2v) is 4.12. The number of primary amides is 1. The maximum absolute atomic E-state index is 12.1. The number of fused-ring (bicyclic) bond motifs is 1. The van der Waals surface area contributed by atoms with E-state index in [1.165, 1.54) is 0 Å². The van der Waals surface area contributed by atoms with E-state index in [-0.39, 0.29) is 5.91 Å². The van der Waals surface area contributed by atoms with E-state index in [0.29, 0.717) is 5.56 Å². The molecule has 0 spiro atoms. The molecule has 3 N–H and O–H groups in total. The molecule has 2 amide bonds. The number of hydrogen-bond acceptors (Lipinski definition) is 2. The summed E-state index contributed by atoms with van der Waals surface area (Å²) in [7, 11) is 0. The SMILES string of the molecule is CC(NC(=O)c1cccc2ccccc12)C(N)=O. The smallest absolute Gasteiger partial charge is 0.252 e. The number of hydrogen-bond donors (Lipinski definition) is 2. The van der Waals surface area contributed by atoms with E-state index in [9.17, 15) is 9.59 Å². The van der Waals surface area contributed by atoms with E-state index in [0.717, 1.165) is 10.8 Å². The molecule has 4 nitrogen and oxygen atoms in total. The maximum atomic E-state index is 12.1. The van der Waals surface area contributed by atoms with Crippen LogP contribution in [0.3, 0.4) is 0 Å². The molecule has 0 saturated carbocycles. The second kappa shape index (κ2) is 4.87. The monoisotopic (exact) mass is 242 g/mol. The Morgan fingerprint density at radius 1 is 1.11 bits per heavy atom. The molecule has 0 aliphatic carbocycles. The van der Waals surface area contributed by atoms with Crippen LogP contribution in [-0.4, -0.2) is 17.9 Å². The van der Waals surface area contributed by atoms with Crippen LogP contribution in [0.2, 0.25) is 0 Å². The van der Waals surface area contributed by atoms with Crippen molar-refractivity contribution in [2.45, 2.75) is 13.0 Å². The van der Waals surface area contributed by atoms with Crippen molar-refractivity contribution in [2.24, 2.45) is 5.73 Å². The third kappa shape index (κ3) is 2.32. The molecule has 92 valence electrons. The van der Waals surface area contributed by atoms with E-state index < -0.39 is 11.9 Å². The van der Waals surface area contributed by atoms with Crippen molar-refractivity contribution in [1.82, 2.24) is 5.32 Å². The summed E-state index contributed by atoms with van der Waals surface area (Å²) in [5.74, 6) is -0.846. The number of rotatable bonds is 3. The molecule has 2 rings (SSSR count). The average Bonchev–Trinajstić information content (AvgIpc) is 2.37. The van der Waals surface area contributed by atoms with Crippen LogP contribution in [0.1, 0.15) is 17.3 Å². The van der Waals surface area contributed by atoms with Crippen molar-refractivity contribution < 1.29 is 9.59 Å². The Kier molecular flexibility index (Phi) is 3.28. The summed E-state index contributed by atoms with van der Waals surface area (Å²) in [6.07, 6.45) is 0. The summed E-state index contributed by atoms with van der Waals surface area (Å²) in [5, 5.41) is 4.41. The molecule has 0 fully saturated rings. The first-order valence-electron chi connectivity index (χ1n) is 5.67. The summed E-state index contributed by atoms with van der Waals surface area (Å²) in [4.78, 5) is 23.0. The molecule has 0 bridgehead atoms. The summed E-state index contributed by atoms with van der Waals surface area (Å²) in [5.41, 5.74) is 5.66. The number of amides is 2. The standard InChI is InChI=1S/C14H14N2O2/c1-9(13(15)17)16-14(18)12-8-4-6-10-5-2-3-7-11(10)12/h2-9H,1H3,(H2,15,17)(H,16,18). The minimum Gasteiger partial charge on any atom is -0.368 e. The first-order valence-corrected chi connectivity index (χ1v) is 5.67. The van der Waals surface area contributed by atoms with Crippen molar-refractivity contribution in [2.75, 3.05) is 0 Å². The molecule has 0 aliphatic heterocycles. The van der Waals surface area contributed by atoms with Crippen LogP contribution in [0.15, 0.2) is 42.5 Å². The highest BCUT2D eigenvalue weighted by molar-refractivity contribution is 6.08. The zero-order chi connectivity index (χ0) is 13.1. The van der Waals surface area contributed by atoms with Gasteiger partial charge in [-0.05, 0) is 23.8 Å². The minimum atomic E-state index is -0.684. The molecule has 2 aromatic rings. The Balaban J connectivity index is 2.36. The first kappa shape index (κ1) is 12.1. The molecule has 0 radical (unpaired) electrons. The molecule has 0 aliphatic rings. The highest BCUT2D eigenvalue weighted by atomic mass is 16.2. The molecule has 2 aromatic carbocycles. The van der Waals surface area contributed by atoms with Crippen LogP contribution < -0.4 is 11.1 Å². The third-order valence-corrected chi connectivity index (χ3v) is 2.81. The van der Waals surface area contributed by atoms with E-state index in [4.69, 9.17) is 5.73 Å². The van der Waals surface area contributed by atoms with Crippen LogP contribution >= 0.6 is 0 Å². The lowest BCUT2D eigenvalue weighted by Crippen LogP contribution is -2.42. The normalized spacial score (nSPS) is 12.1. The number of carbonyl (C=O) groups excluding carboxylic acids is 2. The lowest BCUT2D eigenvalue weighted by molar-refractivity contribution is -0.119. The molecule has 18 heavy (non-hydrogen) atoms. The fourth-order valence-electron chi connectivity index (χ4n) is 1.77. The van der Waals surface area contributed by atoms with Crippen LogP contribution in [0.25, 0.3) is 10.8 Å². The van der Waals surface area contributed by atoms with Gasteiger partial charge in [0, 0.05) is 5.56 Å². The largest absolute Gasteiger partial charge is 0.368 e. The predicted molar refractivity (Wildman–Crippen MR) is 70.1 cm³/mol. The Morgan fingerprint density at radius 2 is 1.78 bits per heavy atom. The lowest BCUT2D eigenvalue weighted by Gasteiger charge is -2.11. The molecule has 1 atom stereocenters. The van der Waals surface area contributed by atoms with Crippen LogP contribution in [0, 0.1) is 0 Å². The van der Waals surface area contributed by atoms with E-state index in [1.807, 2.05) is 36.4 Å². The Labute approximate surface area is 105 Å². The van der Waals surface area contributed by atoms with Crippen molar-refractivity contribution in [3.8, 4) is 0 Å². The number of nitrogens with one attached hydrogen (secondary N) is 1. The Hall–Kier alpha value is -2.36. The lowest BCUT2D eigenvalue weighted by atomic mass is 10.0. The predicted octanol–water partition coefficient (Wildman–Crippen LogP) is 1.44. The summed E-state index contributed by atoms with van der Waals surface area (Å²) < 4.78 is 0. The molecular formula is C14H14N2O2. The van der Waals surface area contributed by atoms with Crippen LogP contribution in [-0.2, 0) is 4.79 Å². The topological polar surface area (TPSA) is 72.2 Å². The zero-order valence-corrected chi connectivity index (χ0v) is 10.0. The van der Waals surface area contributed by atoms with Gasteiger partial charge in [-0.15, -0.1) is 0 Å². The second-order valence-electron chi connectivity index (χ2n) is 4.12. The van der Waals surface area contributed by atoms with Gasteiger partial charge in [-0.3, -0.25) is 9.59 Å². The fourth-order valence-corrected chi connectivity index (χ4v) is 1.77. The molecule has 1 unspecified atom stereocenters. The van der Waals surface area contributed by atoms with Crippen molar-refractivity contribution in [3.05, 3.63) is 48.0 Å². The maximum Gasteiger partial charge on any atom is 0.252 e. The highest BCUT2D eigenvalue weighted by Crippen LogP contribution is 2.18. The molecule has 0 heterocycles. The molecular weight excluding hydrogens is 228 g/mol. The minimum absolute atomic E-state index is 0.293. The highest BCUT2D eigenvalue weighted by Gasteiger charge is 2.15. The van der Waals surface area contributed by atoms with E-state index in [2.05, 4.69) is 5.32 Å². The molecule has 0 saturated heterocycles. The van der Waals surface area contributed by atoms with E-state index >= 15 is 0 Å². The van der Waals surface area contributed by atoms with Crippen LogP contribution in [0.4, 0.5) is 0 Å². The van der Waals surface area contributed by atoms with E-state index in [1.54, 1.807) is 13.0 Å². The third-order valence-electron chi connectivity index (χ3n) is 2.81. The van der Waals surface area contributed by atoms with Gasteiger partial charge in [0.1, 0.15) is 6.04 Å². The quantitative estimate of drug-likeness (QED) is 0.854. The van der Waals surface area contributed by atoms with Gasteiger partial charge in [0.25, 0.3) is 5.91 Å². The molecule has 0 aromatic heterocycles. The van der Waals surface area contributed by atoms with Crippen molar-refractivity contribution in [1.29, 1.82) is 0 Å². The fraction of sp³-hybridized carbons (Fsp3) is 0.143. The number of nitrogens with two attached hydrogens (primary N) is 1. The van der Waals surface area contributed by atoms with Crippen molar-refractivity contribution >= 4 is 22.6 Å². The van der Waals surface area contributed by atoms with Gasteiger partial charge in [-0.2, -0.15) is 0 Å². The first-order chi connectivity index (χ1) is 8.59. The Morgan fingerprint density at radius 3 is 2.50 bits per heavy atom. The zero-order valence-electron chi connectivity index (χ0n) is 10.0. The van der Waals surface area contributed by atoms with Crippen LogP contribution in [0.5, 0.6) is 0 Å². The van der Waals surface area contributed by atoms with Gasteiger partial charge >= 0.3 is 0 Å². The van der Waals surface area contributed by atoms with Gasteiger partial charge in [0.2, 0.25) is 5.91 Å². The number of carbonyl (C=O) groups is 2.